The summed E-state index contributed by atoms with van der Waals surface area (Å²) in [5.74, 6) is 2.10. The van der Waals surface area contributed by atoms with Crippen molar-refractivity contribution in [3.05, 3.63) is 59.2 Å². The Morgan fingerprint density at radius 3 is 2.67 bits per heavy atom. The highest BCUT2D eigenvalue weighted by molar-refractivity contribution is 6.06. The minimum atomic E-state index is -0.0854. The molecule has 3 atom stereocenters. The van der Waals surface area contributed by atoms with Crippen molar-refractivity contribution in [3.63, 3.8) is 0 Å². The van der Waals surface area contributed by atoms with Gasteiger partial charge < -0.3 is 0 Å². The van der Waals surface area contributed by atoms with Crippen molar-refractivity contribution < 1.29 is 4.79 Å². The summed E-state index contributed by atoms with van der Waals surface area (Å²) in [5.41, 5.74) is 3.56. The molecule has 1 spiro atoms. The van der Waals surface area contributed by atoms with E-state index in [1.165, 1.54) is 28.3 Å². The lowest BCUT2D eigenvalue weighted by Gasteiger charge is -2.38. The SMILES string of the molecule is CC(C)c1ccc2cc3c(cc2c1)CCC1(CC2C=CC1C2)C3=O. The fraction of sp³-hybridized carbons (Fsp3) is 0.435. The van der Waals surface area contributed by atoms with Crippen LogP contribution in [0.1, 0.15) is 60.5 Å². The molecule has 0 radical (unpaired) electrons. The van der Waals surface area contributed by atoms with Gasteiger partial charge in [-0.25, -0.2) is 0 Å². The normalized spacial score (nSPS) is 30.7. The van der Waals surface area contributed by atoms with Crippen LogP contribution >= 0.6 is 0 Å². The van der Waals surface area contributed by atoms with Crippen molar-refractivity contribution >= 4 is 16.6 Å². The summed E-state index contributed by atoms with van der Waals surface area (Å²) < 4.78 is 0. The third-order valence-corrected chi connectivity index (χ3v) is 6.80. The average Bonchev–Trinajstić information content (AvgIpc) is 3.18. The summed E-state index contributed by atoms with van der Waals surface area (Å²) in [6.07, 6.45) is 9.04. The molecular weight excluding hydrogens is 292 g/mol. The van der Waals surface area contributed by atoms with Gasteiger partial charge in [0.15, 0.2) is 5.78 Å². The van der Waals surface area contributed by atoms with Crippen LogP contribution in [0.4, 0.5) is 0 Å². The first-order valence-corrected chi connectivity index (χ1v) is 9.36. The van der Waals surface area contributed by atoms with E-state index in [-0.39, 0.29) is 5.41 Å². The molecule has 2 bridgehead atoms. The zero-order valence-electron chi connectivity index (χ0n) is 14.5. The van der Waals surface area contributed by atoms with Crippen molar-refractivity contribution in [2.24, 2.45) is 17.3 Å². The minimum Gasteiger partial charge on any atom is -0.294 e. The highest BCUT2D eigenvalue weighted by atomic mass is 16.1. The first-order valence-electron chi connectivity index (χ1n) is 9.36. The molecule has 2 aromatic rings. The summed E-state index contributed by atoms with van der Waals surface area (Å²) in [4.78, 5) is 13.4. The predicted octanol–water partition coefficient (Wildman–Crippen LogP) is 5.67. The van der Waals surface area contributed by atoms with Crippen LogP contribution in [-0.2, 0) is 6.42 Å². The molecule has 0 aliphatic heterocycles. The van der Waals surface area contributed by atoms with Crippen LogP contribution in [0.15, 0.2) is 42.5 Å². The van der Waals surface area contributed by atoms with E-state index in [4.69, 9.17) is 0 Å². The molecule has 5 rings (SSSR count). The molecule has 24 heavy (non-hydrogen) atoms. The largest absolute Gasteiger partial charge is 0.294 e. The molecule has 0 N–H and O–H groups in total. The van der Waals surface area contributed by atoms with Gasteiger partial charge in [0.1, 0.15) is 0 Å². The van der Waals surface area contributed by atoms with Gasteiger partial charge in [0, 0.05) is 11.0 Å². The van der Waals surface area contributed by atoms with Gasteiger partial charge in [-0.05, 0) is 71.4 Å². The summed E-state index contributed by atoms with van der Waals surface area (Å²) in [7, 11) is 0. The van der Waals surface area contributed by atoms with E-state index >= 15 is 0 Å². The number of hydrogen-bond acceptors (Lipinski definition) is 1. The van der Waals surface area contributed by atoms with Crippen LogP contribution in [0.5, 0.6) is 0 Å². The Hall–Kier alpha value is -1.89. The van der Waals surface area contributed by atoms with Crippen molar-refractivity contribution in [1.82, 2.24) is 0 Å². The van der Waals surface area contributed by atoms with Crippen molar-refractivity contribution in [2.75, 3.05) is 0 Å². The molecule has 0 saturated heterocycles. The topological polar surface area (TPSA) is 17.1 Å². The maximum Gasteiger partial charge on any atom is 0.169 e. The Morgan fingerprint density at radius 2 is 1.96 bits per heavy atom. The molecule has 1 saturated carbocycles. The third kappa shape index (κ3) is 1.84. The number of hydrogen-bond donors (Lipinski definition) is 0. The van der Waals surface area contributed by atoms with E-state index in [1.807, 2.05) is 0 Å². The zero-order valence-corrected chi connectivity index (χ0v) is 14.5. The number of fused-ring (bicyclic) bond motifs is 5. The number of carbonyl (C=O) groups excluding carboxylic acids is 1. The maximum atomic E-state index is 13.4. The molecule has 1 heteroatoms. The van der Waals surface area contributed by atoms with Crippen LogP contribution in [0.25, 0.3) is 10.8 Å². The molecule has 2 aromatic carbocycles. The van der Waals surface area contributed by atoms with E-state index in [2.05, 4.69) is 56.3 Å². The molecule has 1 nitrogen and oxygen atoms in total. The average molecular weight is 316 g/mol. The number of allylic oxidation sites excluding steroid dienone is 2. The Labute approximate surface area is 143 Å². The summed E-state index contributed by atoms with van der Waals surface area (Å²) >= 11 is 0. The molecule has 0 aromatic heterocycles. The van der Waals surface area contributed by atoms with Crippen molar-refractivity contribution in [1.29, 1.82) is 0 Å². The standard InChI is InChI=1S/C23H24O/c1-14(2)16-4-5-17-12-21-18(11-19(17)10-16)7-8-23(22(21)24)13-15-3-6-20(23)9-15/h3-6,10-12,14-15,20H,7-9,13H2,1-2H3. The number of Topliss-reactive ketones (excluding diaryl/α,β-unsaturated/α-hetero) is 1. The second-order valence-corrected chi connectivity index (χ2v) is 8.45. The third-order valence-electron chi connectivity index (χ3n) is 6.80. The van der Waals surface area contributed by atoms with Crippen LogP contribution in [0, 0.1) is 17.3 Å². The fourth-order valence-electron chi connectivity index (χ4n) is 5.38. The highest BCUT2D eigenvalue weighted by Crippen LogP contribution is 2.57. The summed E-state index contributed by atoms with van der Waals surface area (Å²) in [5, 5.41) is 2.50. The Kier molecular flexibility index (Phi) is 2.90. The Morgan fingerprint density at radius 1 is 1.08 bits per heavy atom. The lowest BCUT2D eigenvalue weighted by Crippen LogP contribution is -2.39. The highest BCUT2D eigenvalue weighted by Gasteiger charge is 2.54. The first kappa shape index (κ1) is 14.5. The first-order chi connectivity index (χ1) is 11.6. The van der Waals surface area contributed by atoms with Gasteiger partial charge in [-0.2, -0.15) is 0 Å². The molecule has 1 fully saturated rings. The van der Waals surface area contributed by atoms with Crippen LogP contribution in [0.2, 0.25) is 0 Å². The summed E-state index contributed by atoms with van der Waals surface area (Å²) in [6, 6.07) is 11.2. The number of aryl methyl sites for hydroxylation is 1. The zero-order chi connectivity index (χ0) is 16.5. The van der Waals surface area contributed by atoms with Gasteiger partial charge in [-0.1, -0.05) is 50.3 Å². The van der Waals surface area contributed by atoms with Gasteiger partial charge in [0.05, 0.1) is 0 Å². The van der Waals surface area contributed by atoms with Gasteiger partial charge >= 0.3 is 0 Å². The van der Waals surface area contributed by atoms with Crippen LogP contribution in [-0.4, -0.2) is 5.78 Å². The lowest BCUT2D eigenvalue weighted by molar-refractivity contribution is 0.0703. The van der Waals surface area contributed by atoms with Crippen LogP contribution < -0.4 is 0 Å². The number of carbonyl (C=O) groups is 1. The second kappa shape index (κ2) is 4.81. The van der Waals surface area contributed by atoms with Crippen LogP contribution in [0.3, 0.4) is 0 Å². The minimum absolute atomic E-state index is 0.0854. The molecule has 3 aliphatic carbocycles. The molecule has 122 valence electrons. The van der Waals surface area contributed by atoms with E-state index in [9.17, 15) is 4.79 Å². The monoisotopic (exact) mass is 316 g/mol. The lowest BCUT2D eigenvalue weighted by atomic mass is 9.63. The van der Waals surface area contributed by atoms with Gasteiger partial charge in [0.25, 0.3) is 0 Å². The van der Waals surface area contributed by atoms with E-state index in [0.29, 0.717) is 23.5 Å². The molecule has 0 amide bonds. The van der Waals surface area contributed by atoms with Gasteiger partial charge in [-0.15, -0.1) is 0 Å². The van der Waals surface area contributed by atoms with Crippen molar-refractivity contribution in [3.8, 4) is 0 Å². The fourth-order valence-corrected chi connectivity index (χ4v) is 5.38. The maximum absolute atomic E-state index is 13.4. The summed E-state index contributed by atoms with van der Waals surface area (Å²) in [6.45, 7) is 4.46. The molecule has 0 heterocycles. The Bertz CT molecular complexity index is 888. The quantitative estimate of drug-likeness (QED) is 0.619. The smallest absolute Gasteiger partial charge is 0.169 e. The van der Waals surface area contributed by atoms with Gasteiger partial charge in [-0.3, -0.25) is 4.79 Å². The predicted molar refractivity (Wildman–Crippen MR) is 98.5 cm³/mol. The van der Waals surface area contributed by atoms with Crippen molar-refractivity contribution in [2.45, 2.75) is 45.4 Å². The molecule has 3 aliphatic rings. The van der Waals surface area contributed by atoms with Gasteiger partial charge in [0.2, 0.25) is 0 Å². The number of benzene rings is 2. The number of ketones is 1. The molecular formula is C23H24O. The molecule has 3 unspecified atom stereocenters. The Balaban J connectivity index is 1.62. The van der Waals surface area contributed by atoms with E-state index < -0.39 is 0 Å². The van der Waals surface area contributed by atoms with E-state index in [0.717, 1.165) is 24.8 Å². The number of rotatable bonds is 1. The van der Waals surface area contributed by atoms with E-state index in [1.54, 1.807) is 0 Å². The second-order valence-electron chi connectivity index (χ2n) is 8.45.